The van der Waals surface area contributed by atoms with Gasteiger partial charge in [0.05, 0.1) is 40.2 Å². The molecule has 1 aliphatic rings. The summed E-state index contributed by atoms with van der Waals surface area (Å²) in [5, 5.41) is 7.27. The number of rotatable bonds is 3. The molecular weight excluding hydrogens is 422 g/mol. The molecule has 0 aliphatic carbocycles. The molecule has 0 spiro atoms. The summed E-state index contributed by atoms with van der Waals surface area (Å²) in [4.78, 5) is 30.7. The fourth-order valence-corrected chi connectivity index (χ4v) is 3.28. The Balaban J connectivity index is 1.67. The summed E-state index contributed by atoms with van der Waals surface area (Å²) in [6, 6.07) is 7.21. The lowest BCUT2D eigenvalue weighted by Crippen LogP contribution is -2.47. The highest BCUT2D eigenvalue weighted by atomic mass is 35.5. The Bertz CT molecular complexity index is 1120. The zero-order valence-electron chi connectivity index (χ0n) is 14.6. The van der Waals surface area contributed by atoms with Crippen LogP contribution in [0.2, 0.25) is 10.0 Å². The number of halogens is 3. The third-order valence-electron chi connectivity index (χ3n) is 4.37. The lowest BCUT2D eigenvalue weighted by Gasteiger charge is -2.32. The van der Waals surface area contributed by atoms with Crippen molar-refractivity contribution in [1.29, 1.82) is 0 Å². The van der Waals surface area contributed by atoms with Gasteiger partial charge in [-0.15, -0.1) is 0 Å². The fraction of sp³-hybridized carbons (Fsp3) is 0.111. The minimum atomic E-state index is -0.677. The maximum absolute atomic E-state index is 13.1. The molecule has 0 saturated heterocycles. The van der Waals surface area contributed by atoms with E-state index in [-0.39, 0.29) is 28.5 Å². The van der Waals surface area contributed by atoms with E-state index in [1.54, 1.807) is 18.2 Å². The Kier molecular flexibility index (Phi) is 4.95. The Hall–Kier alpha value is -3.01. The van der Waals surface area contributed by atoms with Crippen LogP contribution in [0.3, 0.4) is 0 Å². The topological polar surface area (TPSA) is 106 Å². The van der Waals surface area contributed by atoms with E-state index in [1.807, 2.05) is 0 Å². The molecule has 1 aliphatic heterocycles. The monoisotopic (exact) mass is 434 g/mol. The molecule has 8 nitrogen and oxygen atoms in total. The molecule has 0 bridgehead atoms. The molecule has 0 fully saturated rings. The minimum absolute atomic E-state index is 0.0273. The van der Waals surface area contributed by atoms with Crippen LogP contribution in [0, 0.1) is 5.95 Å². The zero-order valence-corrected chi connectivity index (χ0v) is 16.2. The number of nitrogens with two attached hydrogens (primary N) is 1. The molecule has 2 amide bonds. The molecule has 3 heterocycles. The SMILES string of the molecule is NC1CN(c2ccc(Cl)c(Cl)c2)C(=O)c2c(C(=O)Nc3ccc(F)nc3)cnn21. The summed E-state index contributed by atoms with van der Waals surface area (Å²) in [7, 11) is 0. The van der Waals surface area contributed by atoms with Crippen molar-refractivity contribution in [2.24, 2.45) is 5.73 Å². The first kappa shape index (κ1) is 19.3. The largest absolute Gasteiger partial charge is 0.320 e. The number of hydrogen-bond acceptors (Lipinski definition) is 5. The number of hydrogen-bond donors (Lipinski definition) is 2. The first-order chi connectivity index (χ1) is 13.8. The lowest BCUT2D eigenvalue weighted by molar-refractivity contribution is 0.0937. The molecule has 1 aromatic carbocycles. The first-order valence-corrected chi connectivity index (χ1v) is 9.13. The van der Waals surface area contributed by atoms with Gasteiger partial charge in [-0.05, 0) is 30.3 Å². The van der Waals surface area contributed by atoms with Crippen LogP contribution >= 0.6 is 23.2 Å². The van der Waals surface area contributed by atoms with Gasteiger partial charge >= 0.3 is 0 Å². The Morgan fingerprint density at radius 1 is 1.21 bits per heavy atom. The minimum Gasteiger partial charge on any atom is -0.320 e. The van der Waals surface area contributed by atoms with Gasteiger partial charge in [0.1, 0.15) is 11.9 Å². The normalized spacial score (nSPS) is 15.9. The number of pyridine rings is 1. The molecule has 0 saturated carbocycles. The number of benzene rings is 1. The van der Waals surface area contributed by atoms with Gasteiger partial charge in [-0.3, -0.25) is 9.59 Å². The maximum Gasteiger partial charge on any atom is 0.277 e. The van der Waals surface area contributed by atoms with E-state index in [4.69, 9.17) is 28.9 Å². The molecule has 11 heteroatoms. The van der Waals surface area contributed by atoms with Crippen LogP contribution in [0.25, 0.3) is 0 Å². The summed E-state index contributed by atoms with van der Waals surface area (Å²) in [6.45, 7) is 0.133. The quantitative estimate of drug-likeness (QED) is 0.615. The predicted molar refractivity (Wildman–Crippen MR) is 106 cm³/mol. The van der Waals surface area contributed by atoms with Gasteiger partial charge in [-0.2, -0.15) is 9.49 Å². The van der Waals surface area contributed by atoms with E-state index in [1.165, 1.54) is 28.0 Å². The van der Waals surface area contributed by atoms with Crippen LogP contribution in [-0.4, -0.2) is 33.1 Å². The fourth-order valence-electron chi connectivity index (χ4n) is 2.99. The van der Waals surface area contributed by atoms with Crippen molar-refractivity contribution in [3.63, 3.8) is 0 Å². The smallest absolute Gasteiger partial charge is 0.277 e. The van der Waals surface area contributed by atoms with E-state index in [0.717, 1.165) is 6.07 Å². The molecule has 1 unspecified atom stereocenters. The van der Waals surface area contributed by atoms with E-state index in [2.05, 4.69) is 15.4 Å². The molecule has 3 aromatic rings. The molecule has 0 radical (unpaired) electrons. The van der Waals surface area contributed by atoms with Gasteiger partial charge in [-0.1, -0.05) is 23.2 Å². The highest BCUT2D eigenvalue weighted by Crippen LogP contribution is 2.31. The Labute approximate surface area is 174 Å². The van der Waals surface area contributed by atoms with Crippen molar-refractivity contribution in [1.82, 2.24) is 14.8 Å². The molecule has 4 rings (SSSR count). The van der Waals surface area contributed by atoms with Crippen LogP contribution in [0.4, 0.5) is 15.8 Å². The van der Waals surface area contributed by atoms with Gasteiger partial charge in [0.15, 0.2) is 0 Å². The second-order valence-corrected chi connectivity index (χ2v) is 7.07. The van der Waals surface area contributed by atoms with Crippen LogP contribution in [0.15, 0.2) is 42.7 Å². The summed E-state index contributed by atoms with van der Waals surface area (Å²) in [5.41, 5.74) is 6.96. The zero-order chi connectivity index (χ0) is 20.7. The third kappa shape index (κ3) is 3.55. The highest BCUT2D eigenvalue weighted by Gasteiger charge is 2.35. The van der Waals surface area contributed by atoms with E-state index >= 15 is 0 Å². The number of nitrogens with one attached hydrogen (secondary N) is 1. The molecular formula is C18H13Cl2FN6O2. The molecule has 3 N–H and O–H groups in total. The number of amides is 2. The molecule has 2 aromatic heterocycles. The standard InChI is InChI=1S/C18H13Cl2FN6O2/c19-12-3-2-10(5-13(12)20)26-8-15(22)27-16(18(26)29)11(7-24-27)17(28)25-9-1-4-14(21)23-6-9/h1-7,15H,8,22H2,(H,25,28). The Morgan fingerprint density at radius 3 is 2.69 bits per heavy atom. The van der Waals surface area contributed by atoms with E-state index in [0.29, 0.717) is 10.7 Å². The average molecular weight is 435 g/mol. The van der Waals surface area contributed by atoms with Crippen LogP contribution in [0.1, 0.15) is 27.0 Å². The number of carbonyl (C=O) groups is 2. The summed E-state index contributed by atoms with van der Waals surface area (Å²) >= 11 is 12.0. The van der Waals surface area contributed by atoms with Crippen molar-refractivity contribution in [2.45, 2.75) is 6.17 Å². The van der Waals surface area contributed by atoms with Crippen molar-refractivity contribution in [2.75, 3.05) is 16.8 Å². The van der Waals surface area contributed by atoms with Crippen molar-refractivity contribution in [3.8, 4) is 0 Å². The van der Waals surface area contributed by atoms with Gasteiger partial charge in [-0.25, -0.2) is 9.67 Å². The number of aromatic nitrogens is 3. The van der Waals surface area contributed by atoms with Crippen LogP contribution in [-0.2, 0) is 0 Å². The van der Waals surface area contributed by atoms with Gasteiger partial charge in [0, 0.05) is 5.69 Å². The summed E-state index contributed by atoms with van der Waals surface area (Å²) in [6.07, 6.45) is 1.75. The average Bonchev–Trinajstić information content (AvgIpc) is 3.15. The number of carbonyl (C=O) groups excluding carboxylic acids is 2. The van der Waals surface area contributed by atoms with Gasteiger partial charge in [0.25, 0.3) is 11.8 Å². The maximum atomic E-state index is 13.1. The number of nitrogens with zero attached hydrogens (tertiary/aromatic N) is 4. The second kappa shape index (κ2) is 7.43. The second-order valence-electron chi connectivity index (χ2n) is 6.26. The third-order valence-corrected chi connectivity index (χ3v) is 5.11. The van der Waals surface area contributed by atoms with Gasteiger partial charge < -0.3 is 16.0 Å². The Morgan fingerprint density at radius 2 is 2.00 bits per heavy atom. The van der Waals surface area contributed by atoms with Gasteiger partial charge in [0.2, 0.25) is 5.95 Å². The van der Waals surface area contributed by atoms with Crippen LogP contribution < -0.4 is 16.0 Å². The van der Waals surface area contributed by atoms with Crippen molar-refractivity contribution < 1.29 is 14.0 Å². The highest BCUT2D eigenvalue weighted by molar-refractivity contribution is 6.42. The van der Waals surface area contributed by atoms with E-state index < -0.39 is 23.9 Å². The first-order valence-electron chi connectivity index (χ1n) is 8.38. The van der Waals surface area contributed by atoms with Crippen molar-refractivity contribution >= 4 is 46.4 Å². The summed E-state index contributed by atoms with van der Waals surface area (Å²) in [5.74, 6) is -1.74. The molecule has 148 valence electrons. The number of fused-ring (bicyclic) bond motifs is 1. The summed E-state index contributed by atoms with van der Waals surface area (Å²) < 4.78 is 14.3. The lowest BCUT2D eigenvalue weighted by atomic mass is 10.1. The van der Waals surface area contributed by atoms with Crippen molar-refractivity contribution in [3.05, 3.63) is 70.0 Å². The van der Waals surface area contributed by atoms with Crippen LogP contribution in [0.5, 0.6) is 0 Å². The molecule has 29 heavy (non-hydrogen) atoms. The number of anilines is 2. The predicted octanol–water partition coefficient (Wildman–Crippen LogP) is 3.09. The molecule has 1 atom stereocenters. The van der Waals surface area contributed by atoms with E-state index in [9.17, 15) is 14.0 Å².